The molecule has 0 heterocycles. The first-order valence-electron chi connectivity index (χ1n) is 7.24. The van der Waals surface area contributed by atoms with Crippen LogP contribution in [0.25, 0.3) is 0 Å². The number of carbonyl (C=O) groups excluding carboxylic acids is 1. The van der Waals surface area contributed by atoms with E-state index in [1.165, 1.54) is 12.0 Å². The number of hydrogen-bond donors (Lipinski definition) is 2. The number of nitrogens with one attached hydrogen (secondary N) is 1. The molecule has 104 valence electrons. The van der Waals surface area contributed by atoms with Crippen LogP contribution in [-0.4, -0.2) is 24.2 Å². The van der Waals surface area contributed by atoms with Crippen LogP contribution in [0, 0.1) is 5.92 Å². The van der Waals surface area contributed by atoms with Crippen molar-refractivity contribution in [2.75, 3.05) is 13.2 Å². The fourth-order valence-electron chi connectivity index (χ4n) is 2.54. The Labute approximate surface area is 115 Å². The van der Waals surface area contributed by atoms with Gasteiger partial charge in [0.15, 0.2) is 0 Å². The number of amides is 1. The summed E-state index contributed by atoms with van der Waals surface area (Å²) in [6, 6.07) is 10.2. The molecule has 1 aromatic carbocycles. The summed E-state index contributed by atoms with van der Waals surface area (Å²) < 4.78 is 0. The highest BCUT2D eigenvalue weighted by molar-refractivity contribution is 5.79. The minimum atomic E-state index is 0.191. The highest BCUT2D eigenvalue weighted by atomic mass is 16.3. The molecule has 0 unspecified atom stereocenters. The zero-order valence-electron chi connectivity index (χ0n) is 11.3. The molecular formula is C16H23NO2. The summed E-state index contributed by atoms with van der Waals surface area (Å²) in [7, 11) is 0. The zero-order chi connectivity index (χ0) is 13.5. The van der Waals surface area contributed by atoms with Gasteiger partial charge in [0.1, 0.15) is 0 Å². The van der Waals surface area contributed by atoms with E-state index in [1.54, 1.807) is 0 Å². The Hall–Kier alpha value is -1.35. The zero-order valence-corrected chi connectivity index (χ0v) is 11.3. The molecule has 0 aromatic heterocycles. The Kier molecular flexibility index (Phi) is 5.40. The fourth-order valence-corrected chi connectivity index (χ4v) is 2.54. The maximum atomic E-state index is 11.7. The van der Waals surface area contributed by atoms with Crippen molar-refractivity contribution in [3.63, 3.8) is 0 Å². The first-order valence-corrected chi connectivity index (χ1v) is 7.24. The summed E-state index contributed by atoms with van der Waals surface area (Å²) in [6.45, 7) is 0.894. The van der Waals surface area contributed by atoms with Gasteiger partial charge < -0.3 is 10.4 Å². The number of carbonyl (C=O) groups is 1. The number of aliphatic hydroxyl groups is 1. The SMILES string of the molecule is O=C(NCC[C@H](CCO)c1ccccc1)C1CCC1. The smallest absolute Gasteiger partial charge is 0.223 e. The molecule has 1 saturated carbocycles. The van der Waals surface area contributed by atoms with Crippen LogP contribution in [0.4, 0.5) is 0 Å². The Morgan fingerprint density at radius 2 is 2.00 bits per heavy atom. The van der Waals surface area contributed by atoms with Gasteiger partial charge in [0.25, 0.3) is 0 Å². The molecule has 1 amide bonds. The first kappa shape index (κ1) is 14.1. The summed E-state index contributed by atoms with van der Waals surface area (Å²) in [5, 5.41) is 12.2. The van der Waals surface area contributed by atoms with Crippen LogP contribution >= 0.6 is 0 Å². The summed E-state index contributed by atoms with van der Waals surface area (Å²) in [5.74, 6) is 0.794. The Morgan fingerprint density at radius 1 is 1.26 bits per heavy atom. The molecule has 3 heteroatoms. The van der Waals surface area contributed by atoms with Gasteiger partial charge >= 0.3 is 0 Å². The second-order valence-corrected chi connectivity index (χ2v) is 5.33. The predicted molar refractivity (Wildman–Crippen MR) is 75.9 cm³/mol. The van der Waals surface area contributed by atoms with E-state index >= 15 is 0 Å². The van der Waals surface area contributed by atoms with Crippen LogP contribution in [0.5, 0.6) is 0 Å². The maximum absolute atomic E-state index is 11.7. The third-order valence-electron chi connectivity index (χ3n) is 4.02. The van der Waals surface area contributed by atoms with E-state index in [1.807, 2.05) is 18.2 Å². The van der Waals surface area contributed by atoms with Crippen LogP contribution in [0.15, 0.2) is 30.3 Å². The standard InChI is InChI=1S/C16H23NO2/c18-12-10-14(13-5-2-1-3-6-13)9-11-17-16(19)15-7-4-8-15/h1-3,5-6,14-15,18H,4,7-12H2,(H,17,19)/t14-/m1/s1. The van der Waals surface area contributed by atoms with Crippen LogP contribution in [-0.2, 0) is 4.79 Å². The van der Waals surface area contributed by atoms with Gasteiger partial charge in [0, 0.05) is 19.1 Å². The monoisotopic (exact) mass is 261 g/mol. The molecule has 1 aliphatic carbocycles. The molecule has 0 aliphatic heterocycles. The van der Waals surface area contributed by atoms with Crippen molar-refractivity contribution in [2.24, 2.45) is 5.92 Å². The topological polar surface area (TPSA) is 49.3 Å². The van der Waals surface area contributed by atoms with Gasteiger partial charge in [-0.2, -0.15) is 0 Å². The second-order valence-electron chi connectivity index (χ2n) is 5.33. The fraction of sp³-hybridized carbons (Fsp3) is 0.562. The Bertz CT molecular complexity index is 387. The van der Waals surface area contributed by atoms with Crippen molar-refractivity contribution in [1.82, 2.24) is 5.32 Å². The molecular weight excluding hydrogens is 238 g/mol. The Balaban J connectivity index is 1.78. The first-order chi connectivity index (χ1) is 9.31. The molecule has 2 rings (SSSR count). The minimum absolute atomic E-state index is 0.191. The van der Waals surface area contributed by atoms with Gasteiger partial charge in [-0.15, -0.1) is 0 Å². The van der Waals surface area contributed by atoms with Crippen molar-refractivity contribution in [2.45, 2.75) is 38.0 Å². The Morgan fingerprint density at radius 3 is 2.58 bits per heavy atom. The van der Waals surface area contributed by atoms with E-state index in [9.17, 15) is 4.79 Å². The number of aliphatic hydroxyl groups excluding tert-OH is 1. The van der Waals surface area contributed by atoms with Crippen LogP contribution in [0.1, 0.15) is 43.6 Å². The third-order valence-corrected chi connectivity index (χ3v) is 4.02. The average Bonchev–Trinajstić information content (AvgIpc) is 2.37. The van der Waals surface area contributed by atoms with Gasteiger partial charge in [-0.05, 0) is 37.2 Å². The molecule has 1 atom stereocenters. The molecule has 2 N–H and O–H groups in total. The minimum Gasteiger partial charge on any atom is -0.396 e. The summed E-state index contributed by atoms with van der Waals surface area (Å²) in [6.07, 6.45) is 4.93. The van der Waals surface area contributed by atoms with Crippen molar-refractivity contribution < 1.29 is 9.90 Å². The second kappa shape index (κ2) is 7.29. The number of rotatable bonds is 7. The van der Waals surface area contributed by atoms with E-state index in [0.717, 1.165) is 25.7 Å². The van der Waals surface area contributed by atoms with Gasteiger partial charge in [0.2, 0.25) is 5.91 Å². The van der Waals surface area contributed by atoms with E-state index in [0.29, 0.717) is 12.5 Å². The lowest BCUT2D eigenvalue weighted by molar-refractivity contribution is -0.127. The highest BCUT2D eigenvalue weighted by Crippen LogP contribution is 2.26. The van der Waals surface area contributed by atoms with Crippen molar-refractivity contribution >= 4 is 5.91 Å². The van der Waals surface area contributed by atoms with Crippen LogP contribution in [0.3, 0.4) is 0 Å². The lowest BCUT2D eigenvalue weighted by atomic mass is 9.84. The van der Waals surface area contributed by atoms with Gasteiger partial charge in [-0.25, -0.2) is 0 Å². The van der Waals surface area contributed by atoms with Gasteiger partial charge in [0.05, 0.1) is 0 Å². The summed E-state index contributed by atoms with van der Waals surface area (Å²) in [4.78, 5) is 11.7. The predicted octanol–water partition coefficient (Wildman–Crippen LogP) is 2.46. The van der Waals surface area contributed by atoms with Crippen LogP contribution in [0.2, 0.25) is 0 Å². The van der Waals surface area contributed by atoms with Gasteiger partial charge in [-0.3, -0.25) is 4.79 Å². The van der Waals surface area contributed by atoms with Gasteiger partial charge in [-0.1, -0.05) is 36.8 Å². The number of benzene rings is 1. The molecule has 0 spiro atoms. The van der Waals surface area contributed by atoms with E-state index < -0.39 is 0 Å². The normalized spacial score (nSPS) is 16.7. The third kappa shape index (κ3) is 4.06. The van der Waals surface area contributed by atoms with E-state index in [4.69, 9.17) is 5.11 Å². The molecule has 1 aliphatic rings. The summed E-state index contributed by atoms with van der Waals surface area (Å²) in [5.41, 5.74) is 1.24. The van der Waals surface area contributed by atoms with Crippen molar-refractivity contribution in [1.29, 1.82) is 0 Å². The molecule has 1 aromatic rings. The molecule has 0 saturated heterocycles. The lowest BCUT2D eigenvalue weighted by Gasteiger charge is -2.24. The van der Waals surface area contributed by atoms with Crippen LogP contribution < -0.4 is 5.32 Å². The quantitative estimate of drug-likeness (QED) is 0.792. The summed E-state index contributed by atoms with van der Waals surface area (Å²) >= 11 is 0. The lowest BCUT2D eigenvalue weighted by Crippen LogP contribution is -2.35. The molecule has 0 bridgehead atoms. The number of hydrogen-bond acceptors (Lipinski definition) is 2. The van der Waals surface area contributed by atoms with E-state index in [-0.39, 0.29) is 18.4 Å². The molecule has 3 nitrogen and oxygen atoms in total. The maximum Gasteiger partial charge on any atom is 0.223 e. The molecule has 0 radical (unpaired) electrons. The average molecular weight is 261 g/mol. The van der Waals surface area contributed by atoms with Crippen molar-refractivity contribution in [3.05, 3.63) is 35.9 Å². The van der Waals surface area contributed by atoms with E-state index in [2.05, 4.69) is 17.4 Å². The highest BCUT2D eigenvalue weighted by Gasteiger charge is 2.24. The largest absolute Gasteiger partial charge is 0.396 e. The van der Waals surface area contributed by atoms with Crippen molar-refractivity contribution in [3.8, 4) is 0 Å². The molecule has 19 heavy (non-hydrogen) atoms. The molecule has 1 fully saturated rings.